The Balaban J connectivity index is 1.61. The largest absolute Gasteiger partial charge is 0.385 e. The minimum atomic E-state index is 0.592. The van der Waals surface area contributed by atoms with Gasteiger partial charge in [-0.25, -0.2) is 15.0 Å². The van der Waals surface area contributed by atoms with Crippen molar-refractivity contribution < 1.29 is 0 Å². The van der Waals surface area contributed by atoms with Crippen LogP contribution >= 0.6 is 0 Å². The molecule has 0 saturated carbocycles. The first-order chi connectivity index (χ1) is 15.2. The summed E-state index contributed by atoms with van der Waals surface area (Å²) in [5, 5.41) is 4.28. The molecule has 152 valence electrons. The molecular formula is C25H22N6. The second kappa shape index (κ2) is 7.99. The van der Waals surface area contributed by atoms with E-state index in [9.17, 15) is 0 Å². The van der Waals surface area contributed by atoms with Crippen LogP contribution in [0.2, 0.25) is 0 Å². The van der Waals surface area contributed by atoms with Crippen molar-refractivity contribution in [2.75, 3.05) is 11.9 Å². The minimum Gasteiger partial charge on any atom is -0.385 e. The average Bonchev–Trinajstić information content (AvgIpc) is 3.28. The Morgan fingerprint density at radius 2 is 1.71 bits per heavy atom. The van der Waals surface area contributed by atoms with Crippen LogP contribution < -0.4 is 5.32 Å². The number of fused-ring (bicyclic) bond motifs is 1. The van der Waals surface area contributed by atoms with Crippen LogP contribution in [0.25, 0.3) is 44.9 Å². The Morgan fingerprint density at radius 3 is 2.52 bits per heavy atom. The van der Waals surface area contributed by atoms with Gasteiger partial charge in [0.1, 0.15) is 11.3 Å². The zero-order valence-electron chi connectivity index (χ0n) is 17.4. The highest BCUT2D eigenvalue weighted by Crippen LogP contribution is 2.30. The molecular weight excluding hydrogens is 384 g/mol. The van der Waals surface area contributed by atoms with Gasteiger partial charge in [-0.1, -0.05) is 18.2 Å². The normalized spacial score (nSPS) is 11.0. The van der Waals surface area contributed by atoms with Crippen LogP contribution in [0.15, 0.2) is 73.2 Å². The number of aryl methyl sites for hydroxylation is 1. The first kappa shape index (κ1) is 18.9. The molecule has 0 radical (unpaired) electrons. The molecule has 4 heterocycles. The maximum atomic E-state index is 4.88. The predicted octanol–water partition coefficient (Wildman–Crippen LogP) is 5.49. The maximum absolute atomic E-state index is 4.88. The van der Waals surface area contributed by atoms with Crippen molar-refractivity contribution in [3.63, 3.8) is 0 Å². The van der Waals surface area contributed by atoms with E-state index in [1.807, 2.05) is 49.8 Å². The second-order valence-electron chi connectivity index (χ2n) is 7.37. The van der Waals surface area contributed by atoms with Crippen LogP contribution in [0, 0.1) is 6.92 Å². The summed E-state index contributed by atoms with van der Waals surface area (Å²) in [6.45, 7) is 4.95. The highest BCUT2D eigenvalue weighted by molar-refractivity contribution is 5.92. The molecule has 0 spiro atoms. The SMILES string of the molecule is CCNc1ccc(-c2cncc(-c3nc(-c4cccc(C)n4)nc4[nH]ccc34)c2)cc1. The quantitative estimate of drug-likeness (QED) is 0.403. The zero-order chi connectivity index (χ0) is 21.2. The maximum Gasteiger partial charge on any atom is 0.180 e. The van der Waals surface area contributed by atoms with E-state index in [0.717, 1.165) is 57.0 Å². The van der Waals surface area contributed by atoms with Crippen LogP contribution in [0.5, 0.6) is 0 Å². The van der Waals surface area contributed by atoms with E-state index in [1.165, 1.54) is 0 Å². The summed E-state index contributed by atoms with van der Waals surface area (Å²) in [6.07, 6.45) is 5.61. The number of aromatic nitrogens is 5. The number of benzene rings is 1. The molecule has 6 nitrogen and oxygen atoms in total. The lowest BCUT2D eigenvalue weighted by Crippen LogP contribution is -1.97. The summed E-state index contributed by atoms with van der Waals surface area (Å²) < 4.78 is 0. The number of pyridine rings is 2. The number of nitrogens with zero attached hydrogens (tertiary/aromatic N) is 4. The van der Waals surface area contributed by atoms with E-state index < -0.39 is 0 Å². The van der Waals surface area contributed by atoms with E-state index in [2.05, 4.69) is 62.5 Å². The molecule has 4 aromatic heterocycles. The predicted molar refractivity (Wildman–Crippen MR) is 125 cm³/mol. The van der Waals surface area contributed by atoms with Gasteiger partial charge in [0, 0.05) is 53.0 Å². The van der Waals surface area contributed by atoms with Gasteiger partial charge in [0.25, 0.3) is 0 Å². The number of anilines is 1. The lowest BCUT2D eigenvalue weighted by Gasteiger charge is -2.09. The van der Waals surface area contributed by atoms with E-state index >= 15 is 0 Å². The molecule has 0 saturated heterocycles. The Bertz CT molecular complexity index is 1350. The van der Waals surface area contributed by atoms with Crippen molar-refractivity contribution in [3.8, 4) is 33.9 Å². The third-order valence-electron chi connectivity index (χ3n) is 5.14. The molecule has 0 aliphatic rings. The van der Waals surface area contributed by atoms with Gasteiger partial charge in [0.15, 0.2) is 5.82 Å². The Labute approximate surface area is 180 Å². The summed E-state index contributed by atoms with van der Waals surface area (Å²) >= 11 is 0. The fourth-order valence-corrected chi connectivity index (χ4v) is 3.66. The van der Waals surface area contributed by atoms with Gasteiger partial charge in [-0.3, -0.25) is 4.98 Å². The van der Waals surface area contributed by atoms with Crippen molar-refractivity contribution in [2.24, 2.45) is 0 Å². The third-order valence-corrected chi connectivity index (χ3v) is 5.14. The molecule has 0 bridgehead atoms. The lowest BCUT2D eigenvalue weighted by molar-refractivity contribution is 1.13. The Kier molecular flexibility index (Phi) is 4.88. The standard InChI is InChI=1S/C25H22N6/c1-3-27-20-9-7-17(8-10-20)18-13-19(15-26-14-18)23-21-11-12-28-24(21)31-25(30-23)22-6-4-5-16(2)29-22/h4-15,27H,3H2,1-2H3,(H,28,30,31). The molecule has 0 aliphatic heterocycles. The smallest absolute Gasteiger partial charge is 0.180 e. The highest BCUT2D eigenvalue weighted by atomic mass is 15.0. The Morgan fingerprint density at radius 1 is 0.871 bits per heavy atom. The average molecular weight is 406 g/mol. The first-order valence-electron chi connectivity index (χ1n) is 10.3. The number of nitrogens with one attached hydrogen (secondary N) is 2. The van der Waals surface area contributed by atoms with E-state index in [4.69, 9.17) is 4.98 Å². The summed E-state index contributed by atoms with van der Waals surface area (Å²) in [5.41, 5.74) is 7.49. The van der Waals surface area contributed by atoms with Crippen molar-refractivity contribution in [1.82, 2.24) is 24.9 Å². The van der Waals surface area contributed by atoms with Gasteiger partial charge in [-0.05, 0) is 55.8 Å². The molecule has 1 aromatic carbocycles. The molecule has 0 aliphatic carbocycles. The molecule has 0 unspecified atom stereocenters. The van der Waals surface area contributed by atoms with E-state index in [-0.39, 0.29) is 0 Å². The van der Waals surface area contributed by atoms with Gasteiger partial charge >= 0.3 is 0 Å². The number of rotatable bonds is 5. The van der Waals surface area contributed by atoms with Crippen molar-refractivity contribution in [3.05, 3.63) is 78.9 Å². The summed E-state index contributed by atoms with van der Waals surface area (Å²) in [6, 6.07) is 18.4. The monoisotopic (exact) mass is 406 g/mol. The molecule has 0 atom stereocenters. The summed E-state index contributed by atoms with van der Waals surface area (Å²) in [5.74, 6) is 0.592. The van der Waals surface area contributed by atoms with Crippen molar-refractivity contribution in [1.29, 1.82) is 0 Å². The molecule has 31 heavy (non-hydrogen) atoms. The molecule has 2 N–H and O–H groups in total. The van der Waals surface area contributed by atoms with Crippen LogP contribution in [0.1, 0.15) is 12.6 Å². The minimum absolute atomic E-state index is 0.592. The lowest BCUT2D eigenvalue weighted by atomic mass is 10.0. The van der Waals surface area contributed by atoms with E-state index in [0.29, 0.717) is 5.82 Å². The zero-order valence-corrected chi connectivity index (χ0v) is 17.4. The molecule has 6 heteroatoms. The molecule has 5 aromatic rings. The van der Waals surface area contributed by atoms with Gasteiger partial charge in [-0.2, -0.15) is 0 Å². The summed E-state index contributed by atoms with van der Waals surface area (Å²) in [7, 11) is 0. The highest BCUT2D eigenvalue weighted by Gasteiger charge is 2.14. The molecule has 5 rings (SSSR count). The van der Waals surface area contributed by atoms with Gasteiger partial charge in [0.05, 0.1) is 5.69 Å². The molecule has 0 fully saturated rings. The van der Waals surface area contributed by atoms with Crippen molar-refractivity contribution >= 4 is 16.7 Å². The Hall–Kier alpha value is -4.06. The van der Waals surface area contributed by atoms with Crippen molar-refractivity contribution in [2.45, 2.75) is 13.8 Å². The van der Waals surface area contributed by atoms with Gasteiger partial charge < -0.3 is 10.3 Å². The summed E-state index contributed by atoms with van der Waals surface area (Å²) in [4.78, 5) is 21.9. The van der Waals surface area contributed by atoms with Gasteiger partial charge in [-0.15, -0.1) is 0 Å². The number of hydrogen-bond donors (Lipinski definition) is 2. The number of hydrogen-bond acceptors (Lipinski definition) is 5. The van der Waals surface area contributed by atoms with Crippen LogP contribution in [0.4, 0.5) is 5.69 Å². The van der Waals surface area contributed by atoms with Crippen LogP contribution in [-0.2, 0) is 0 Å². The van der Waals surface area contributed by atoms with Crippen LogP contribution in [0.3, 0.4) is 0 Å². The fraction of sp³-hybridized carbons (Fsp3) is 0.120. The first-order valence-corrected chi connectivity index (χ1v) is 10.3. The third kappa shape index (κ3) is 3.75. The van der Waals surface area contributed by atoms with Crippen LogP contribution in [-0.4, -0.2) is 31.5 Å². The topological polar surface area (TPSA) is 79.4 Å². The fourth-order valence-electron chi connectivity index (χ4n) is 3.66. The van der Waals surface area contributed by atoms with E-state index in [1.54, 1.807) is 0 Å². The van der Waals surface area contributed by atoms with Gasteiger partial charge in [0.2, 0.25) is 0 Å². The second-order valence-corrected chi connectivity index (χ2v) is 7.37. The number of H-pyrrole nitrogens is 1. The molecule has 0 amide bonds. The number of aromatic amines is 1.